The van der Waals surface area contributed by atoms with E-state index < -0.39 is 25.2 Å². The van der Waals surface area contributed by atoms with E-state index in [1.54, 1.807) is 0 Å². The molecule has 4 rings (SSSR count). The van der Waals surface area contributed by atoms with E-state index in [0.717, 1.165) is 18.8 Å². The Morgan fingerprint density at radius 2 is 2.19 bits per heavy atom. The van der Waals surface area contributed by atoms with E-state index in [4.69, 9.17) is 26.9 Å². The van der Waals surface area contributed by atoms with Crippen molar-refractivity contribution in [2.45, 2.75) is 39.3 Å². The number of ether oxygens (including phenoxy) is 1. The molecule has 0 saturated carbocycles. The zero-order valence-electron chi connectivity index (χ0n) is 20.7. The Hall–Kier alpha value is -3.04. The first-order valence-corrected chi connectivity index (χ1v) is 14.4. The van der Waals surface area contributed by atoms with Crippen LogP contribution in [-0.2, 0) is 27.1 Å². The van der Waals surface area contributed by atoms with Crippen molar-refractivity contribution < 1.29 is 33.3 Å². The highest BCUT2D eigenvalue weighted by Crippen LogP contribution is 2.38. The zero-order valence-corrected chi connectivity index (χ0v) is 22.4. The third-order valence-corrected chi connectivity index (χ3v) is 7.47. The maximum atomic E-state index is 14.5. The molecular formula is C23H29FN5O6PS. The van der Waals surface area contributed by atoms with Gasteiger partial charge in [-0.25, -0.2) is 9.38 Å². The fourth-order valence-electron chi connectivity index (χ4n) is 3.75. The summed E-state index contributed by atoms with van der Waals surface area (Å²) in [6, 6.07) is 1.72. The van der Waals surface area contributed by atoms with Crippen molar-refractivity contribution >= 4 is 42.2 Å². The van der Waals surface area contributed by atoms with Crippen LogP contribution in [0.15, 0.2) is 17.1 Å². The van der Waals surface area contributed by atoms with Gasteiger partial charge in [-0.15, -0.1) is 6.42 Å². The van der Waals surface area contributed by atoms with E-state index >= 15 is 0 Å². The van der Waals surface area contributed by atoms with Gasteiger partial charge in [0, 0.05) is 43.4 Å². The summed E-state index contributed by atoms with van der Waals surface area (Å²) in [5, 5.41) is 8.28. The van der Waals surface area contributed by atoms with E-state index in [0.29, 0.717) is 16.2 Å². The molecular weight excluding hydrogens is 524 g/mol. The maximum absolute atomic E-state index is 14.5. The number of amides is 1. The van der Waals surface area contributed by atoms with Crippen LogP contribution in [0.25, 0.3) is 0 Å². The van der Waals surface area contributed by atoms with Crippen molar-refractivity contribution in [1.82, 2.24) is 8.94 Å². The van der Waals surface area contributed by atoms with Crippen LogP contribution in [0.3, 0.4) is 0 Å². The van der Waals surface area contributed by atoms with Crippen LogP contribution in [-0.4, -0.2) is 62.8 Å². The number of hydrogen-bond donors (Lipinski definition) is 3. The molecule has 2 aromatic rings. The Bertz CT molecular complexity index is 1360. The molecule has 4 N–H and O–H groups in total. The van der Waals surface area contributed by atoms with Crippen LogP contribution in [0, 0.1) is 23.6 Å². The summed E-state index contributed by atoms with van der Waals surface area (Å²) in [7, 11) is -3.10. The molecule has 11 nitrogen and oxygen atoms in total. The number of halogens is 1. The molecule has 200 valence electrons. The van der Waals surface area contributed by atoms with E-state index in [-0.39, 0.29) is 42.7 Å². The van der Waals surface area contributed by atoms with Gasteiger partial charge in [0.05, 0.1) is 12.2 Å². The first kappa shape index (κ1) is 28.5. The van der Waals surface area contributed by atoms with E-state index in [9.17, 15) is 18.5 Å². The van der Waals surface area contributed by atoms with Crippen LogP contribution >= 0.6 is 18.9 Å². The number of anilines is 1. The van der Waals surface area contributed by atoms with Crippen LogP contribution in [0.1, 0.15) is 26.1 Å². The van der Waals surface area contributed by atoms with Crippen molar-refractivity contribution in [3.8, 4) is 18.1 Å². The fraction of sp³-hybridized carbons (Fsp3) is 0.478. The third kappa shape index (κ3) is 7.26. The Kier molecular flexibility index (Phi) is 8.59. The topological polar surface area (TPSA) is 160 Å². The number of carbonyl (C=O) groups excluding carboxylic acids is 1. The van der Waals surface area contributed by atoms with E-state index in [1.165, 1.54) is 35.2 Å². The van der Waals surface area contributed by atoms with Crippen molar-refractivity contribution in [2.24, 2.45) is 16.1 Å². The van der Waals surface area contributed by atoms with Gasteiger partial charge in [0.2, 0.25) is 4.80 Å². The third-order valence-electron chi connectivity index (χ3n) is 5.61. The first-order valence-electron chi connectivity index (χ1n) is 11.3. The summed E-state index contributed by atoms with van der Waals surface area (Å²) in [5.74, 6) is 1.78. The molecule has 14 heteroatoms. The van der Waals surface area contributed by atoms with Gasteiger partial charge in [-0.3, -0.25) is 19.1 Å². The standard InChI is InChI=1S/C18H17FN4O2S.C5H12NO4P/c1-4-5-22-13-7-12(11(19)6-14(13)25-9-16(22)24)20-17-23-10-18(2,3)8-15(23)21-26-17;1-11(9,10)3-2-4(6)5(7)8/h1,6-7H,5,8-10H2,2-3H3;4H,2-3,6H2,1H3,(H,7,8)(H,9,10). The van der Waals surface area contributed by atoms with Gasteiger partial charge in [0.15, 0.2) is 19.8 Å². The lowest BCUT2D eigenvalue weighted by Crippen LogP contribution is -2.39. The van der Waals surface area contributed by atoms with Gasteiger partial charge >= 0.3 is 5.97 Å². The summed E-state index contributed by atoms with van der Waals surface area (Å²) in [4.78, 5) is 37.4. The highest BCUT2D eigenvalue weighted by Gasteiger charge is 2.31. The van der Waals surface area contributed by atoms with Crippen LogP contribution in [0.5, 0.6) is 5.75 Å². The Morgan fingerprint density at radius 3 is 2.81 bits per heavy atom. The quantitative estimate of drug-likeness (QED) is 0.361. The predicted octanol–water partition coefficient (Wildman–Crippen LogP) is 1.95. The first-order chi connectivity index (χ1) is 17.2. The van der Waals surface area contributed by atoms with E-state index in [1.807, 2.05) is 4.57 Å². The summed E-state index contributed by atoms with van der Waals surface area (Å²) < 4.78 is 37.0. The second-order valence-corrected chi connectivity index (χ2v) is 13.0. The summed E-state index contributed by atoms with van der Waals surface area (Å²) in [6.45, 7) is 6.24. The fourth-order valence-corrected chi connectivity index (χ4v) is 5.26. The van der Waals surface area contributed by atoms with E-state index in [2.05, 4.69) is 29.1 Å². The number of aromatic nitrogens is 2. The van der Waals surface area contributed by atoms with Gasteiger partial charge in [0.25, 0.3) is 5.91 Å². The number of nitrogens with two attached hydrogens (primary N) is 1. The molecule has 1 aromatic carbocycles. The number of terminal acetylenes is 1. The Balaban J connectivity index is 0.000000295. The average molecular weight is 554 g/mol. The second kappa shape index (κ2) is 11.1. The molecule has 2 aliphatic rings. The molecule has 0 bridgehead atoms. The van der Waals surface area contributed by atoms with Crippen LogP contribution in [0.4, 0.5) is 15.8 Å². The molecule has 2 unspecified atom stereocenters. The molecule has 2 aliphatic heterocycles. The smallest absolute Gasteiger partial charge is 0.320 e. The molecule has 0 aliphatic carbocycles. The molecule has 2 atom stereocenters. The molecule has 1 amide bonds. The lowest BCUT2D eigenvalue weighted by molar-refractivity contribution is -0.138. The number of nitrogens with zero attached hydrogens (tertiary/aromatic N) is 4. The number of hydrogen-bond acceptors (Lipinski definition) is 8. The van der Waals surface area contributed by atoms with Gasteiger partial charge in [-0.1, -0.05) is 19.8 Å². The lowest BCUT2D eigenvalue weighted by atomic mass is 9.92. The van der Waals surface area contributed by atoms with Crippen molar-refractivity contribution in [3.63, 3.8) is 0 Å². The molecule has 3 heterocycles. The summed E-state index contributed by atoms with van der Waals surface area (Å²) in [6.07, 6.45) is 6.22. The normalized spacial score (nSPS) is 18.5. The lowest BCUT2D eigenvalue weighted by Gasteiger charge is -2.28. The Labute approximate surface area is 217 Å². The van der Waals surface area contributed by atoms with Crippen molar-refractivity contribution in [2.75, 3.05) is 30.9 Å². The van der Waals surface area contributed by atoms with Gasteiger partial charge in [-0.05, 0) is 17.9 Å². The largest absolute Gasteiger partial charge is 0.481 e. The summed E-state index contributed by atoms with van der Waals surface area (Å²) in [5.41, 5.74) is 5.77. The molecule has 0 spiro atoms. The molecule has 0 radical (unpaired) electrons. The highest BCUT2D eigenvalue weighted by atomic mass is 32.1. The zero-order chi connectivity index (χ0) is 27.5. The number of fused-ring (bicyclic) bond motifs is 2. The minimum atomic E-state index is -3.10. The monoisotopic (exact) mass is 553 g/mol. The van der Waals surface area contributed by atoms with Gasteiger partial charge in [0.1, 0.15) is 23.3 Å². The minimum absolute atomic E-state index is 0.0412. The number of carboxylic acids is 1. The molecule has 37 heavy (non-hydrogen) atoms. The van der Waals surface area contributed by atoms with Crippen LogP contribution in [0.2, 0.25) is 0 Å². The molecule has 0 fully saturated rings. The molecule has 0 saturated heterocycles. The predicted molar refractivity (Wildman–Crippen MR) is 137 cm³/mol. The van der Waals surface area contributed by atoms with Crippen molar-refractivity contribution in [1.29, 1.82) is 0 Å². The highest BCUT2D eigenvalue weighted by molar-refractivity contribution is 7.57. The number of rotatable bonds is 6. The average Bonchev–Trinajstić information content (AvgIpc) is 3.30. The number of benzene rings is 1. The van der Waals surface area contributed by atoms with Gasteiger partial charge < -0.3 is 25.0 Å². The Morgan fingerprint density at radius 1 is 1.49 bits per heavy atom. The van der Waals surface area contributed by atoms with Gasteiger partial charge in [-0.2, -0.15) is 4.37 Å². The van der Waals surface area contributed by atoms with Crippen molar-refractivity contribution in [3.05, 3.63) is 28.6 Å². The summed E-state index contributed by atoms with van der Waals surface area (Å²) >= 11 is 1.24. The maximum Gasteiger partial charge on any atom is 0.320 e. The second-order valence-electron chi connectivity index (χ2n) is 9.67. The molecule has 1 aromatic heterocycles. The number of aliphatic carboxylic acids is 1. The number of carbonyl (C=O) groups is 2. The minimum Gasteiger partial charge on any atom is -0.481 e. The van der Waals surface area contributed by atoms with Crippen LogP contribution < -0.4 is 20.2 Å². The number of carboxylic acid groups (broad SMARTS) is 1. The SMILES string of the molecule is C#CCN1C(=O)COc2cc(F)c(N=c3snc4n3CC(C)(C)C4)cc21.CP(=O)(O)CCC(N)C(=O)O.